The SMILES string of the molecule is C=C1NC2(CCCCC2)C(=O)NC1Cc1ccc(N)cn1. The third kappa shape index (κ3) is 2.73. The number of anilines is 1. The van der Waals surface area contributed by atoms with E-state index in [1.807, 2.05) is 12.1 Å². The minimum atomic E-state index is -0.430. The second kappa shape index (κ2) is 5.39. The zero-order valence-corrected chi connectivity index (χ0v) is 12.2. The van der Waals surface area contributed by atoms with Crippen molar-refractivity contribution < 1.29 is 4.79 Å². The summed E-state index contributed by atoms with van der Waals surface area (Å²) in [7, 11) is 0. The molecule has 1 aromatic rings. The normalized spacial score (nSPS) is 24.5. The van der Waals surface area contributed by atoms with Crippen LogP contribution in [-0.2, 0) is 11.2 Å². The van der Waals surface area contributed by atoms with Gasteiger partial charge >= 0.3 is 0 Å². The molecule has 5 nitrogen and oxygen atoms in total. The van der Waals surface area contributed by atoms with E-state index in [0.29, 0.717) is 12.1 Å². The standard InChI is InChI=1S/C16H22N4O/c1-11-14(9-13-6-5-12(17)10-18-13)19-15(21)16(20-11)7-3-2-4-8-16/h5-6,10,14,20H,1-4,7-9,17H2,(H,19,21). The fourth-order valence-electron chi connectivity index (χ4n) is 3.28. The van der Waals surface area contributed by atoms with Crippen LogP contribution >= 0.6 is 0 Å². The lowest BCUT2D eigenvalue weighted by Gasteiger charge is -2.44. The van der Waals surface area contributed by atoms with E-state index in [2.05, 4.69) is 22.2 Å². The van der Waals surface area contributed by atoms with Crippen LogP contribution in [0.2, 0.25) is 0 Å². The number of nitrogen functional groups attached to an aromatic ring is 1. The largest absolute Gasteiger partial charge is 0.397 e. The minimum absolute atomic E-state index is 0.107. The predicted molar refractivity (Wildman–Crippen MR) is 82.4 cm³/mol. The molecule has 0 aromatic carbocycles. The highest BCUT2D eigenvalue weighted by Crippen LogP contribution is 2.32. The fourth-order valence-corrected chi connectivity index (χ4v) is 3.28. The number of rotatable bonds is 2. The van der Waals surface area contributed by atoms with Crippen molar-refractivity contribution in [3.63, 3.8) is 0 Å². The molecule has 2 heterocycles. The van der Waals surface area contributed by atoms with E-state index in [0.717, 1.165) is 37.1 Å². The second-order valence-corrected chi connectivity index (χ2v) is 6.11. The molecule has 1 aliphatic carbocycles. The zero-order chi connectivity index (χ0) is 14.9. The van der Waals surface area contributed by atoms with Gasteiger partial charge in [0.05, 0.1) is 17.9 Å². The van der Waals surface area contributed by atoms with Gasteiger partial charge in [0.15, 0.2) is 0 Å². The maximum Gasteiger partial charge on any atom is 0.246 e. The highest BCUT2D eigenvalue weighted by atomic mass is 16.2. The summed E-state index contributed by atoms with van der Waals surface area (Å²) >= 11 is 0. The van der Waals surface area contributed by atoms with Crippen molar-refractivity contribution in [1.82, 2.24) is 15.6 Å². The summed E-state index contributed by atoms with van der Waals surface area (Å²) in [6, 6.07) is 3.60. The van der Waals surface area contributed by atoms with Crippen molar-refractivity contribution in [2.24, 2.45) is 0 Å². The van der Waals surface area contributed by atoms with Gasteiger partial charge in [-0.05, 0) is 25.0 Å². The van der Waals surface area contributed by atoms with E-state index in [1.165, 1.54) is 6.42 Å². The Balaban J connectivity index is 1.70. The molecule has 1 saturated carbocycles. The number of nitrogens with one attached hydrogen (secondary N) is 2. The van der Waals surface area contributed by atoms with E-state index >= 15 is 0 Å². The number of amides is 1. The number of nitrogens with two attached hydrogens (primary N) is 1. The monoisotopic (exact) mass is 286 g/mol. The zero-order valence-electron chi connectivity index (χ0n) is 12.2. The molecule has 2 aliphatic rings. The van der Waals surface area contributed by atoms with E-state index in [-0.39, 0.29) is 11.9 Å². The maximum absolute atomic E-state index is 12.5. The maximum atomic E-state index is 12.5. The van der Waals surface area contributed by atoms with Crippen molar-refractivity contribution in [2.45, 2.75) is 50.1 Å². The van der Waals surface area contributed by atoms with Crippen molar-refractivity contribution in [2.75, 3.05) is 5.73 Å². The number of hydrogen-bond acceptors (Lipinski definition) is 4. The van der Waals surface area contributed by atoms with Crippen LogP contribution in [-0.4, -0.2) is 22.5 Å². The molecule has 2 fully saturated rings. The predicted octanol–water partition coefficient (Wildman–Crippen LogP) is 1.51. The van der Waals surface area contributed by atoms with E-state index in [1.54, 1.807) is 6.20 Å². The topological polar surface area (TPSA) is 80.0 Å². The Morgan fingerprint density at radius 2 is 2.10 bits per heavy atom. The minimum Gasteiger partial charge on any atom is -0.397 e. The fraction of sp³-hybridized carbons (Fsp3) is 0.500. The lowest BCUT2D eigenvalue weighted by atomic mass is 9.78. The number of carbonyl (C=O) groups is 1. The number of nitrogens with zero attached hydrogens (tertiary/aromatic N) is 1. The highest BCUT2D eigenvalue weighted by molar-refractivity contribution is 5.88. The van der Waals surface area contributed by atoms with Gasteiger partial charge in [-0.2, -0.15) is 0 Å². The Kier molecular flexibility index (Phi) is 3.57. The van der Waals surface area contributed by atoms with Crippen LogP contribution in [0.4, 0.5) is 5.69 Å². The van der Waals surface area contributed by atoms with Gasteiger partial charge in [0.25, 0.3) is 0 Å². The van der Waals surface area contributed by atoms with Gasteiger partial charge in [0, 0.05) is 17.8 Å². The van der Waals surface area contributed by atoms with Gasteiger partial charge in [0.1, 0.15) is 5.54 Å². The van der Waals surface area contributed by atoms with Crippen molar-refractivity contribution in [3.8, 4) is 0 Å². The van der Waals surface area contributed by atoms with Gasteiger partial charge in [-0.25, -0.2) is 0 Å². The molecule has 112 valence electrons. The lowest BCUT2D eigenvalue weighted by Crippen LogP contribution is -2.66. The molecular formula is C16H22N4O. The molecule has 1 amide bonds. The molecule has 1 saturated heterocycles. The van der Waals surface area contributed by atoms with E-state index < -0.39 is 5.54 Å². The van der Waals surface area contributed by atoms with Crippen LogP contribution in [0, 0.1) is 0 Å². The van der Waals surface area contributed by atoms with Gasteiger partial charge < -0.3 is 16.4 Å². The first-order chi connectivity index (χ1) is 10.1. The molecule has 4 N–H and O–H groups in total. The van der Waals surface area contributed by atoms with Crippen LogP contribution < -0.4 is 16.4 Å². The van der Waals surface area contributed by atoms with Crippen LogP contribution in [0.5, 0.6) is 0 Å². The summed E-state index contributed by atoms with van der Waals surface area (Å²) in [5.41, 5.74) is 7.64. The van der Waals surface area contributed by atoms with Gasteiger partial charge in [-0.1, -0.05) is 25.8 Å². The van der Waals surface area contributed by atoms with E-state index in [9.17, 15) is 4.79 Å². The number of aromatic nitrogens is 1. The molecule has 5 heteroatoms. The second-order valence-electron chi connectivity index (χ2n) is 6.11. The number of hydrogen-bond donors (Lipinski definition) is 3. The van der Waals surface area contributed by atoms with Gasteiger partial charge in [-0.15, -0.1) is 0 Å². The smallest absolute Gasteiger partial charge is 0.246 e. The van der Waals surface area contributed by atoms with Gasteiger partial charge in [0.2, 0.25) is 5.91 Å². The third-order valence-electron chi connectivity index (χ3n) is 4.53. The lowest BCUT2D eigenvalue weighted by molar-refractivity contribution is -0.131. The Hall–Kier alpha value is -2.04. The summed E-state index contributed by atoms with van der Waals surface area (Å²) in [5, 5.41) is 6.52. The Morgan fingerprint density at radius 1 is 1.33 bits per heavy atom. The Bertz CT molecular complexity index is 546. The molecule has 0 bridgehead atoms. The average Bonchev–Trinajstić information content (AvgIpc) is 2.48. The van der Waals surface area contributed by atoms with Crippen molar-refractivity contribution in [3.05, 3.63) is 36.3 Å². The molecule has 1 aliphatic heterocycles. The summed E-state index contributed by atoms with van der Waals surface area (Å²) in [5.74, 6) is 0.107. The summed E-state index contributed by atoms with van der Waals surface area (Å²) in [4.78, 5) is 16.8. The summed E-state index contributed by atoms with van der Waals surface area (Å²) < 4.78 is 0. The number of pyridine rings is 1. The molecule has 1 atom stereocenters. The molecule has 21 heavy (non-hydrogen) atoms. The Morgan fingerprint density at radius 3 is 2.76 bits per heavy atom. The summed E-state index contributed by atoms with van der Waals surface area (Å²) in [6.07, 6.45) is 7.46. The highest BCUT2D eigenvalue weighted by Gasteiger charge is 2.44. The van der Waals surface area contributed by atoms with Crippen LogP contribution in [0.25, 0.3) is 0 Å². The number of piperazine rings is 1. The average molecular weight is 286 g/mol. The molecule has 1 spiro atoms. The first kappa shape index (κ1) is 13.9. The van der Waals surface area contributed by atoms with Crippen LogP contribution in [0.1, 0.15) is 37.8 Å². The van der Waals surface area contributed by atoms with E-state index in [4.69, 9.17) is 5.73 Å². The van der Waals surface area contributed by atoms with Crippen molar-refractivity contribution >= 4 is 11.6 Å². The molecular weight excluding hydrogens is 264 g/mol. The first-order valence-corrected chi connectivity index (χ1v) is 7.57. The molecule has 0 radical (unpaired) electrons. The number of carbonyl (C=O) groups excluding carboxylic acids is 1. The van der Waals surface area contributed by atoms with Crippen LogP contribution in [0.15, 0.2) is 30.6 Å². The summed E-state index contributed by atoms with van der Waals surface area (Å²) in [6.45, 7) is 4.12. The van der Waals surface area contributed by atoms with Gasteiger partial charge in [-0.3, -0.25) is 9.78 Å². The third-order valence-corrected chi connectivity index (χ3v) is 4.53. The molecule has 3 rings (SSSR count). The Labute approximate surface area is 125 Å². The molecule has 1 unspecified atom stereocenters. The van der Waals surface area contributed by atoms with Crippen LogP contribution in [0.3, 0.4) is 0 Å². The first-order valence-electron chi connectivity index (χ1n) is 7.57. The van der Waals surface area contributed by atoms with Crippen molar-refractivity contribution in [1.29, 1.82) is 0 Å². The quantitative estimate of drug-likeness (QED) is 0.770. The molecule has 1 aromatic heterocycles.